The Morgan fingerprint density at radius 2 is 2.00 bits per heavy atom. The summed E-state index contributed by atoms with van der Waals surface area (Å²) in [5.41, 5.74) is 1.38. The predicted molar refractivity (Wildman–Crippen MR) is 105 cm³/mol. The van der Waals surface area contributed by atoms with Crippen LogP contribution < -0.4 is 4.74 Å². The fourth-order valence-electron chi connectivity index (χ4n) is 2.78. The average molecular weight is 354 g/mol. The first kappa shape index (κ1) is 17.7. The summed E-state index contributed by atoms with van der Waals surface area (Å²) in [6.07, 6.45) is 6.97. The van der Waals surface area contributed by atoms with Crippen molar-refractivity contribution in [3.05, 3.63) is 81.9 Å². The van der Waals surface area contributed by atoms with Crippen LogP contribution in [0.5, 0.6) is 5.75 Å². The van der Waals surface area contributed by atoms with Gasteiger partial charge in [0.1, 0.15) is 12.4 Å². The van der Waals surface area contributed by atoms with Gasteiger partial charge in [-0.15, -0.1) is 6.42 Å². The standard InChI is InChI=1S/C22H14N2O3/c1-2-12-27-22-11-10-16-6-3-4-9-20(16)21(22)14-18(15-23)17-7-5-8-19(13-17)24(25)26/h1,3-11,13-14H,12H2. The van der Waals surface area contributed by atoms with Crippen molar-refractivity contribution in [2.24, 2.45) is 0 Å². The molecule has 130 valence electrons. The number of nitro benzene ring substituents is 1. The van der Waals surface area contributed by atoms with Gasteiger partial charge >= 0.3 is 0 Å². The highest BCUT2D eigenvalue weighted by molar-refractivity contribution is 6.00. The van der Waals surface area contributed by atoms with E-state index in [1.54, 1.807) is 24.3 Å². The number of fused-ring (bicyclic) bond motifs is 1. The first-order valence-corrected chi connectivity index (χ1v) is 8.08. The van der Waals surface area contributed by atoms with Gasteiger partial charge in [0, 0.05) is 17.7 Å². The summed E-state index contributed by atoms with van der Waals surface area (Å²) in [7, 11) is 0. The fraction of sp³-hybridized carbons (Fsp3) is 0.0455. The quantitative estimate of drug-likeness (QED) is 0.216. The molecule has 0 saturated carbocycles. The van der Waals surface area contributed by atoms with Crippen molar-refractivity contribution in [2.75, 3.05) is 6.61 Å². The molecule has 0 aliphatic heterocycles. The summed E-state index contributed by atoms with van der Waals surface area (Å²) in [5, 5.41) is 22.6. The third kappa shape index (κ3) is 3.78. The van der Waals surface area contributed by atoms with Crippen LogP contribution in [0.3, 0.4) is 0 Å². The third-order valence-electron chi connectivity index (χ3n) is 4.02. The Morgan fingerprint density at radius 3 is 2.74 bits per heavy atom. The molecular formula is C22H14N2O3. The van der Waals surface area contributed by atoms with Gasteiger partial charge in [-0.05, 0) is 28.5 Å². The number of rotatable bonds is 5. The van der Waals surface area contributed by atoms with E-state index in [4.69, 9.17) is 11.2 Å². The first-order chi connectivity index (χ1) is 13.1. The molecule has 0 atom stereocenters. The van der Waals surface area contributed by atoms with E-state index in [0.717, 1.165) is 10.8 Å². The molecule has 3 aromatic carbocycles. The molecule has 0 heterocycles. The van der Waals surface area contributed by atoms with Gasteiger partial charge in [-0.2, -0.15) is 5.26 Å². The third-order valence-corrected chi connectivity index (χ3v) is 4.02. The van der Waals surface area contributed by atoms with Crippen molar-refractivity contribution < 1.29 is 9.66 Å². The maximum absolute atomic E-state index is 11.0. The van der Waals surface area contributed by atoms with Crippen LogP contribution in [0.4, 0.5) is 5.69 Å². The molecule has 0 amide bonds. The monoisotopic (exact) mass is 354 g/mol. The Morgan fingerprint density at radius 1 is 1.19 bits per heavy atom. The smallest absolute Gasteiger partial charge is 0.270 e. The lowest BCUT2D eigenvalue weighted by molar-refractivity contribution is -0.384. The van der Waals surface area contributed by atoms with Gasteiger partial charge in [0.25, 0.3) is 5.69 Å². The number of nitro groups is 1. The molecule has 0 fully saturated rings. The molecule has 5 nitrogen and oxygen atoms in total. The van der Waals surface area contributed by atoms with Crippen molar-refractivity contribution in [2.45, 2.75) is 0 Å². The summed E-state index contributed by atoms with van der Waals surface area (Å²) in [4.78, 5) is 10.5. The number of ether oxygens (including phenoxy) is 1. The van der Waals surface area contributed by atoms with E-state index in [0.29, 0.717) is 22.4 Å². The molecule has 0 saturated heterocycles. The summed E-state index contributed by atoms with van der Waals surface area (Å²) in [6.45, 7) is 0.0951. The number of hydrogen-bond donors (Lipinski definition) is 0. The van der Waals surface area contributed by atoms with Crippen molar-refractivity contribution in [1.82, 2.24) is 0 Å². The molecule has 0 spiro atoms. The molecule has 0 aliphatic carbocycles. The number of benzene rings is 3. The highest BCUT2D eigenvalue weighted by Crippen LogP contribution is 2.32. The Kier molecular flexibility index (Phi) is 5.16. The summed E-state index contributed by atoms with van der Waals surface area (Å²) < 4.78 is 5.64. The van der Waals surface area contributed by atoms with Crippen molar-refractivity contribution >= 4 is 28.1 Å². The second-order valence-corrected chi connectivity index (χ2v) is 5.67. The Balaban J connectivity index is 2.20. The van der Waals surface area contributed by atoms with E-state index in [-0.39, 0.29) is 12.3 Å². The second kappa shape index (κ2) is 7.86. The second-order valence-electron chi connectivity index (χ2n) is 5.67. The molecule has 0 unspecified atom stereocenters. The van der Waals surface area contributed by atoms with Gasteiger partial charge in [0.2, 0.25) is 0 Å². The number of nitrogens with zero attached hydrogens (tertiary/aromatic N) is 2. The number of hydrogen-bond acceptors (Lipinski definition) is 4. The number of allylic oxidation sites excluding steroid dienone is 1. The van der Waals surface area contributed by atoms with Crippen LogP contribution in [0.25, 0.3) is 22.4 Å². The molecule has 0 bridgehead atoms. The zero-order chi connectivity index (χ0) is 19.2. The lowest BCUT2D eigenvalue weighted by Crippen LogP contribution is -1.97. The Bertz CT molecular complexity index is 1130. The largest absolute Gasteiger partial charge is 0.480 e. The van der Waals surface area contributed by atoms with Gasteiger partial charge in [-0.1, -0.05) is 48.4 Å². The number of nitriles is 1. The molecule has 0 N–H and O–H groups in total. The van der Waals surface area contributed by atoms with Crippen LogP contribution in [-0.4, -0.2) is 11.5 Å². The first-order valence-electron chi connectivity index (χ1n) is 8.08. The van der Waals surface area contributed by atoms with E-state index >= 15 is 0 Å². The van der Waals surface area contributed by atoms with Crippen molar-refractivity contribution in [1.29, 1.82) is 5.26 Å². The lowest BCUT2D eigenvalue weighted by atomic mass is 9.98. The normalized spacial score (nSPS) is 10.8. The SMILES string of the molecule is C#CCOc1ccc2ccccc2c1C=C(C#N)c1cccc([N+](=O)[O-])c1. The molecule has 3 aromatic rings. The Labute approximate surface area is 156 Å². The molecular weight excluding hydrogens is 340 g/mol. The van der Waals surface area contributed by atoms with Crippen LogP contribution >= 0.6 is 0 Å². The predicted octanol–water partition coefficient (Wildman–Crippen LogP) is 4.82. The minimum atomic E-state index is -0.488. The summed E-state index contributed by atoms with van der Waals surface area (Å²) >= 11 is 0. The fourth-order valence-corrected chi connectivity index (χ4v) is 2.78. The van der Waals surface area contributed by atoms with E-state index in [1.165, 1.54) is 12.1 Å². The van der Waals surface area contributed by atoms with Crippen LogP contribution in [0, 0.1) is 33.8 Å². The summed E-state index contributed by atoms with van der Waals surface area (Å²) in [5.74, 6) is 2.97. The number of terminal acetylenes is 1. The zero-order valence-electron chi connectivity index (χ0n) is 14.3. The highest BCUT2D eigenvalue weighted by atomic mass is 16.6. The zero-order valence-corrected chi connectivity index (χ0v) is 14.3. The van der Waals surface area contributed by atoms with E-state index < -0.39 is 4.92 Å². The number of non-ortho nitro benzene ring substituents is 1. The van der Waals surface area contributed by atoms with E-state index in [1.807, 2.05) is 30.3 Å². The van der Waals surface area contributed by atoms with Crippen molar-refractivity contribution in [3.8, 4) is 24.2 Å². The maximum atomic E-state index is 11.0. The topological polar surface area (TPSA) is 76.2 Å². The van der Waals surface area contributed by atoms with Crippen LogP contribution in [0.1, 0.15) is 11.1 Å². The molecule has 5 heteroatoms. The minimum absolute atomic E-state index is 0.0737. The maximum Gasteiger partial charge on any atom is 0.270 e. The molecule has 0 radical (unpaired) electrons. The molecule has 3 rings (SSSR count). The van der Waals surface area contributed by atoms with Gasteiger partial charge in [-0.3, -0.25) is 10.1 Å². The van der Waals surface area contributed by atoms with Crippen LogP contribution in [0.2, 0.25) is 0 Å². The molecule has 0 aromatic heterocycles. The highest BCUT2D eigenvalue weighted by Gasteiger charge is 2.12. The van der Waals surface area contributed by atoms with Crippen LogP contribution in [-0.2, 0) is 0 Å². The lowest BCUT2D eigenvalue weighted by Gasteiger charge is -2.11. The van der Waals surface area contributed by atoms with Gasteiger partial charge < -0.3 is 4.74 Å². The van der Waals surface area contributed by atoms with Gasteiger partial charge in [0.15, 0.2) is 0 Å². The van der Waals surface area contributed by atoms with E-state index in [2.05, 4.69) is 12.0 Å². The summed E-state index contributed by atoms with van der Waals surface area (Å²) in [6, 6.07) is 19.5. The van der Waals surface area contributed by atoms with Crippen LogP contribution in [0.15, 0.2) is 60.7 Å². The van der Waals surface area contributed by atoms with Gasteiger partial charge in [-0.25, -0.2) is 0 Å². The van der Waals surface area contributed by atoms with Crippen molar-refractivity contribution in [3.63, 3.8) is 0 Å². The Hall–Kier alpha value is -4.09. The molecule has 0 aliphatic rings. The molecule has 27 heavy (non-hydrogen) atoms. The van der Waals surface area contributed by atoms with Gasteiger partial charge in [0.05, 0.1) is 16.6 Å². The van der Waals surface area contributed by atoms with E-state index in [9.17, 15) is 15.4 Å². The average Bonchev–Trinajstić information content (AvgIpc) is 2.70. The minimum Gasteiger partial charge on any atom is -0.480 e.